The zero-order chi connectivity index (χ0) is 13.2. The van der Waals surface area contributed by atoms with E-state index in [0.29, 0.717) is 13.2 Å². The van der Waals surface area contributed by atoms with Crippen molar-refractivity contribution in [1.82, 2.24) is 0 Å². The maximum absolute atomic E-state index is 12.3. The van der Waals surface area contributed by atoms with Gasteiger partial charge in [0.2, 0.25) is 5.91 Å². The third-order valence-electron chi connectivity index (χ3n) is 3.28. The second-order valence-electron chi connectivity index (χ2n) is 4.49. The zero-order valence-electron chi connectivity index (χ0n) is 10.5. The predicted molar refractivity (Wildman–Crippen MR) is 72.0 cm³/mol. The van der Waals surface area contributed by atoms with E-state index in [9.17, 15) is 9.90 Å². The molecule has 1 amide bonds. The van der Waals surface area contributed by atoms with E-state index >= 15 is 0 Å². The smallest absolute Gasteiger partial charge is 0.239 e. The third kappa shape index (κ3) is 2.25. The predicted octanol–water partition coefficient (Wildman–Crippen LogP) is 1.38. The number of amides is 1. The second-order valence-corrected chi connectivity index (χ2v) is 5.37. The van der Waals surface area contributed by atoms with Crippen molar-refractivity contribution in [1.29, 1.82) is 0 Å². The summed E-state index contributed by atoms with van der Waals surface area (Å²) in [7, 11) is 1.73. The number of aliphatic hydroxyl groups excluding tert-OH is 1. The Kier molecular flexibility index (Phi) is 3.94. The quantitative estimate of drug-likeness (QED) is 0.837. The molecule has 0 unspecified atom stereocenters. The lowest BCUT2D eigenvalue weighted by Gasteiger charge is -2.40. The lowest BCUT2D eigenvalue weighted by atomic mass is 9.85. The van der Waals surface area contributed by atoms with Crippen molar-refractivity contribution in [2.45, 2.75) is 4.90 Å². The van der Waals surface area contributed by atoms with Gasteiger partial charge in [0.15, 0.2) is 0 Å². The highest BCUT2D eigenvalue weighted by Gasteiger charge is 2.47. The van der Waals surface area contributed by atoms with Gasteiger partial charge < -0.3 is 14.7 Å². The molecule has 1 heterocycles. The molecule has 1 N–H and O–H groups in total. The van der Waals surface area contributed by atoms with Crippen LogP contribution in [0.15, 0.2) is 29.2 Å². The van der Waals surface area contributed by atoms with Crippen molar-refractivity contribution in [2.75, 3.05) is 38.0 Å². The lowest BCUT2D eigenvalue weighted by molar-refractivity contribution is -0.166. The molecular formula is C13H17NO3S. The van der Waals surface area contributed by atoms with Gasteiger partial charge in [0.25, 0.3) is 0 Å². The molecule has 5 heteroatoms. The summed E-state index contributed by atoms with van der Waals surface area (Å²) in [5.41, 5.74) is 0.0879. The SMILES string of the molecule is CSc1ccc(N(C)C(=O)C2(CO)COC2)cc1. The van der Waals surface area contributed by atoms with Crippen LogP contribution < -0.4 is 4.90 Å². The van der Waals surface area contributed by atoms with E-state index in [1.54, 1.807) is 23.7 Å². The summed E-state index contributed by atoms with van der Waals surface area (Å²) < 4.78 is 5.06. The van der Waals surface area contributed by atoms with Crippen molar-refractivity contribution in [2.24, 2.45) is 5.41 Å². The highest BCUT2D eigenvalue weighted by molar-refractivity contribution is 7.98. The topological polar surface area (TPSA) is 49.8 Å². The largest absolute Gasteiger partial charge is 0.395 e. The zero-order valence-corrected chi connectivity index (χ0v) is 11.4. The van der Waals surface area contributed by atoms with Crippen LogP contribution in [0.5, 0.6) is 0 Å². The number of hydrogen-bond acceptors (Lipinski definition) is 4. The van der Waals surface area contributed by atoms with E-state index in [-0.39, 0.29) is 12.5 Å². The molecule has 4 nitrogen and oxygen atoms in total. The highest BCUT2D eigenvalue weighted by atomic mass is 32.2. The van der Waals surface area contributed by atoms with Crippen molar-refractivity contribution >= 4 is 23.4 Å². The number of hydrogen-bond donors (Lipinski definition) is 1. The van der Waals surface area contributed by atoms with E-state index in [1.807, 2.05) is 30.5 Å². The molecule has 1 aliphatic heterocycles. The number of rotatable bonds is 4. The average Bonchev–Trinajstić information content (AvgIpc) is 2.37. The Morgan fingerprint density at radius 1 is 1.44 bits per heavy atom. The molecule has 98 valence electrons. The van der Waals surface area contributed by atoms with Crippen molar-refractivity contribution in [3.63, 3.8) is 0 Å². The Morgan fingerprint density at radius 2 is 2.06 bits per heavy atom. The molecule has 1 fully saturated rings. The summed E-state index contributed by atoms with van der Waals surface area (Å²) >= 11 is 1.66. The molecule has 1 aromatic carbocycles. The average molecular weight is 267 g/mol. The Labute approximate surface area is 111 Å². The molecule has 0 atom stereocenters. The number of benzene rings is 1. The van der Waals surface area contributed by atoms with Gasteiger partial charge in [0, 0.05) is 17.6 Å². The number of carbonyl (C=O) groups is 1. The molecule has 1 saturated heterocycles. The number of thioether (sulfide) groups is 1. The van der Waals surface area contributed by atoms with Crippen molar-refractivity contribution in [3.8, 4) is 0 Å². The standard InChI is InChI=1S/C13H17NO3S/c1-14(10-3-5-11(18-2)6-4-10)12(16)13(7-15)8-17-9-13/h3-6,15H,7-9H2,1-2H3. The molecule has 0 aliphatic carbocycles. The van der Waals surface area contributed by atoms with Gasteiger partial charge in [-0.25, -0.2) is 0 Å². The minimum absolute atomic E-state index is 0.0897. The molecule has 0 radical (unpaired) electrons. The number of carbonyl (C=O) groups excluding carboxylic acids is 1. The monoisotopic (exact) mass is 267 g/mol. The van der Waals surface area contributed by atoms with Gasteiger partial charge in [-0.05, 0) is 30.5 Å². The minimum atomic E-state index is -0.743. The van der Waals surface area contributed by atoms with E-state index in [2.05, 4.69) is 0 Å². The van der Waals surface area contributed by atoms with Gasteiger partial charge >= 0.3 is 0 Å². The molecule has 0 spiro atoms. The molecule has 0 aromatic heterocycles. The van der Waals surface area contributed by atoms with Crippen LogP contribution in [0.4, 0.5) is 5.69 Å². The maximum Gasteiger partial charge on any atom is 0.239 e. The first-order valence-corrected chi connectivity index (χ1v) is 6.96. The summed E-state index contributed by atoms with van der Waals surface area (Å²) in [6.07, 6.45) is 2.01. The first kappa shape index (κ1) is 13.4. The van der Waals surface area contributed by atoms with Gasteiger partial charge in [-0.1, -0.05) is 0 Å². The van der Waals surface area contributed by atoms with Crippen LogP contribution in [-0.2, 0) is 9.53 Å². The van der Waals surface area contributed by atoms with E-state index in [1.165, 1.54) is 0 Å². The number of nitrogens with zero attached hydrogens (tertiary/aromatic N) is 1. The molecule has 18 heavy (non-hydrogen) atoms. The molecule has 2 rings (SSSR count). The van der Waals surface area contributed by atoms with Crippen molar-refractivity contribution in [3.05, 3.63) is 24.3 Å². The van der Waals surface area contributed by atoms with Crippen LogP contribution in [0.3, 0.4) is 0 Å². The third-order valence-corrected chi connectivity index (χ3v) is 4.02. The summed E-state index contributed by atoms with van der Waals surface area (Å²) in [6.45, 7) is 0.435. The Balaban J connectivity index is 2.14. The molecule has 0 bridgehead atoms. The minimum Gasteiger partial charge on any atom is -0.395 e. The molecule has 0 saturated carbocycles. The first-order valence-electron chi connectivity index (χ1n) is 5.74. The summed E-state index contributed by atoms with van der Waals surface area (Å²) in [6, 6.07) is 7.78. The van der Waals surface area contributed by atoms with Crippen molar-refractivity contribution < 1.29 is 14.6 Å². The van der Waals surface area contributed by atoms with Gasteiger partial charge in [0.1, 0.15) is 5.41 Å². The molecular weight excluding hydrogens is 250 g/mol. The summed E-state index contributed by atoms with van der Waals surface area (Å²) in [4.78, 5) is 15.1. The Morgan fingerprint density at radius 3 is 2.44 bits per heavy atom. The van der Waals surface area contributed by atoms with E-state index in [0.717, 1.165) is 10.6 Å². The van der Waals surface area contributed by atoms with Crippen LogP contribution in [0.1, 0.15) is 0 Å². The highest BCUT2D eigenvalue weighted by Crippen LogP contribution is 2.31. The van der Waals surface area contributed by atoms with Crippen LogP contribution in [0.2, 0.25) is 0 Å². The fourth-order valence-electron chi connectivity index (χ4n) is 1.91. The maximum atomic E-state index is 12.3. The Bertz CT molecular complexity index is 423. The van der Waals surface area contributed by atoms with E-state index < -0.39 is 5.41 Å². The molecule has 1 aromatic rings. The summed E-state index contributed by atoms with van der Waals surface area (Å²) in [5.74, 6) is -0.0897. The van der Waals surface area contributed by atoms with Gasteiger partial charge in [-0.2, -0.15) is 0 Å². The lowest BCUT2D eigenvalue weighted by Crippen LogP contribution is -2.56. The van der Waals surface area contributed by atoms with Gasteiger partial charge in [0.05, 0.1) is 19.8 Å². The van der Waals surface area contributed by atoms with Crippen LogP contribution in [0.25, 0.3) is 0 Å². The van der Waals surface area contributed by atoms with Crippen LogP contribution in [-0.4, -0.2) is 44.1 Å². The second kappa shape index (κ2) is 5.30. The Hall–Kier alpha value is -1.04. The number of anilines is 1. The normalized spacial score (nSPS) is 17.1. The van der Waals surface area contributed by atoms with Crippen LogP contribution in [0, 0.1) is 5.41 Å². The van der Waals surface area contributed by atoms with E-state index in [4.69, 9.17) is 4.74 Å². The fraction of sp³-hybridized carbons (Fsp3) is 0.462. The fourth-order valence-corrected chi connectivity index (χ4v) is 2.32. The van der Waals surface area contributed by atoms with Gasteiger partial charge in [-0.3, -0.25) is 4.79 Å². The first-order chi connectivity index (χ1) is 8.63. The number of ether oxygens (including phenoxy) is 1. The van der Waals surface area contributed by atoms with Crippen LogP contribution >= 0.6 is 11.8 Å². The molecule has 1 aliphatic rings. The summed E-state index contributed by atoms with van der Waals surface area (Å²) in [5, 5.41) is 9.35. The number of aliphatic hydroxyl groups is 1. The van der Waals surface area contributed by atoms with Gasteiger partial charge in [-0.15, -0.1) is 11.8 Å².